The number of nitrogens with one attached hydrogen (secondary N) is 2. The minimum atomic E-state index is -0.345. The third-order valence-electron chi connectivity index (χ3n) is 9.01. The van der Waals surface area contributed by atoms with E-state index in [4.69, 9.17) is 14.9 Å². The molecule has 1 aromatic carbocycles. The van der Waals surface area contributed by atoms with Gasteiger partial charge in [-0.3, -0.25) is 0 Å². The number of hydrogen-bond acceptors (Lipinski definition) is 7. The Balaban J connectivity index is 1.26. The highest BCUT2D eigenvalue weighted by molar-refractivity contribution is 5.42. The third-order valence-corrected chi connectivity index (χ3v) is 9.01. The highest BCUT2D eigenvalue weighted by Crippen LogP contribution is 2.37. The lowest BCUT2D eigenvalue weighted by atomic mass is 9.86. The second-order valence-corrected chi connectivity index (χ2v) is 12.6. The Morgan fingerprint density at radius 3 is 2.57 bits per heavy atom. The maximum absolute atomic E-state index is 10.4. The van der Waals surface area contributed by atoms with E-state index in [0.717, 1.165) is 73.5 Å². The van der Waals surface area contributed by atoms with Crippen molar-refractivity contribution in [2.75, 3.05) is 26.2 Å². The van der Waals surface area contributed by atoms with Crippen molar-refractivity contribution in [3.8, 4) is 11.5 Å². The van der Waals surface area contributed by atoms with Crippen LogP contribution in [0.2, 0.25) is 0 Å². The first-order valence-electron chi connectivity index (χ1n) is 16.9. The SMILES string of the molecule is C[C@H](O)CNC[C@@H](c1c[nH]c(CCOc2cc(CCc3cc(CO)c(CCCCCCCN)o3)ccc2O)c1)C1CCCC1. The minimum absolute atomic E-state index is 0.00731. The van der Waals surface area contributed by atoms with Crippen molar-refractivity contribution in [1.29, 1.82) is 0 Å². The molecule has 0 saturated heterocycles. The number of H-pyrrole nitrogens is 1. The summed E-state index contributed by atoms with van der Waals surface area (Å²) in [7, 11) is 0. The lowest BCUT2D eigenvalue weighted by Crippen LogP contribution is -2.30. The average molecular weight is 610 g/mol. The number of rotatable bonds is 21. The molecule has 4 rings (SSSR count). The average Bonchev–Trinajstić information content (AvgIpc) is 3.79. The number of aliphatic hydroxyl groups excluding tert-OH is 2. The zero-order valence-corrected chi connectivity index (χ0v) is 26.7. The van der Waals surface area contributed by atoms with Crippen molar-refractivity contribution in [1.82, 2.24) is 10.3 Å². The Labute approximate surface area is 263 Å². The number of phenols is 1. The van der Waals surface area contributed by atoms with E-state index in [0.29, 0.717) is 43.6 Å². The minimum Gasteiger partial charge on any atom is -0.504 e. The molecule has 44 heavy (non-hydrogen) atoms. The molecule has 8 nitrogen and oxygen atoms in total. The number of aromatic amines is 1. The van der Waals surface area contributed by atoms with E-state index in [-0.39, 0.29) is 18.5 Å². The third kappa shape index (κ3) is 10.7. The number of aromatic hydroxyl groups is 1. The quantitative estimate of drug-likeness (QED) is 0.0827. The van der Waals surface area contributed by atoms with Crippen molar-refractivity contribution in [3.05, 3.63) is 70.4 Å². The lowest BCUT2D eigenvalue weighted by Gasteiger charge is -2.23. The zero-order chi connectivity index (χ0) is 31.1. The summed E-state index contributed by atoms with van der Waals surface area (Å²) in [4.78, 5) is 3.44. The number of ether oxygens (including phenoxy) is 1. The molecule has 1 aliphatic rings. The van der Waals surface area contributed by atoms with Crippen molar-refractivity contribution in [3.63, 3.8) is 0 Å². The molecule has 7 N–H and O–H groups in total. The van der Waals surface area contributed by atoms with Gasteiger partial charge in [-0.05, 0) is 86.9 Å². The number of furan rings is 1. The maximum Gasteiger partial charge on any atom is 0.161 e. The van der Waals surface area contributed by atoms with Crippen LogP contribution in [0, 0.1) is 5.92 Å². The van der Waals surface area contributed by atoms with Crippen molar-refractivity contribution >= 4 is 0 Å². The van der Waals surface area contributed by atoms with Crippen LogP contribution in [0.1, 0.15) is 105 Å². The molecule has 1 aliphatic carbocycles. The summed E-state index contributed by atoms with van der Waals surface area (Å²) in [5.41, 5.74) is 9.97. The van der Waals surface area contributed by atoms with E-state index in [2.05, 4.69) is 22.6 Å². The van der Waals surface area contributed by atoms with Gasteiger partial charge in [-0.25, -0.2) is 0 Å². The summed E-state index contributed by atoms with van der Waals surface area (Å²) in [6.07, 6.45) is 15.6. The molecule has 0 aliphatic heterocycles. The van der Waals surface area contributed by atoms with Crippen LogP contribution in [-0.4, -0.2) is 52.6 Å². The molecule has 1 saturated carbocycles. The standard InChI is InChI=1S/C36H55N3O5/c1-26(41)22-38-24-33(28-9-6-7-10-28)29-20-31(39-23-29)16-18-43-36-19-27(13-15-34(36)42)12-14-32-21-30(25-40)35(44-32)11-5-3-2-4-8-17-37/h13,15,19-21,23,26,28,33,38-42H,2-12,14,16-18,22,24-25,37H2,1H3/t26-,33+/m0/s1. The van der Waals surface area contributed by atoms with Crippen LogP contribution in [0.25, 0.3) is 0 Å². The fraction of sp³-hybridized carbons (Fsp3) is 0.611. The predicted molar refractivity (Wildman–Crippen MR) is 175 cm³/mol. The number of phenolic OH excluding ortho intramolecular Hbond substituents is 1. The van der Waals surface area contributed by atoms with Crippen LogP contribution in [0.4, 0.5) is 0 Å². The Morgan fingerprint density at radius 1 is 1.00 bits per heavy atom. The van der Waals surface area contributed by atoms with E-state index >= 15 is 0 Å². The van der Waals surface area contributed by atoms with Gasteiger partial charge in [-0.1, -0.05) is 38.2 Å². The first kappa shape index (κ1) is 34.1. The van der Waals surface area contributed by atoms with E-state index in [1.807, 2.05) is 25.1 Å². The molecule has 3 aromatic rings. The van der Waals surface area contributed by atoms with Gasteiger partial charge in [0.15, 0.2) is 11.5 Å². The van der Waals surface area contributed by atoms with Crippen molar-refractivity contribution in [2.45, 2.75) is 109 Å². The summed E-state index contributed by atoms with van der Waals surface area (Å²) in [5.74, 6) is 3.52. The second kappa shape index (κ2) is 18.3. The Hall–Kier alpha value is -2.78. The van der Waals surface area contributed by atoms with Gasteiger partial charge in [0.25, 0.3) is 0 Å². The summed E-state index contributed by atoms with van der Waals surface area (Å²) in [5, 5.41) is 33.4. The molecule has 0 radical (unpaired) electrons. The highest BCUT2D eigenvalue weighted by Gasteiger charge is 2.27. The van der Waals surface area contributed by atoms with Gasteiger partial charge < -0.3 is 40.5 Å². The van der Waals surface area contributed by atoms with Crippen molar-refractivity contribution in [2.24, 2.45) is 11.7 Å². The van der Waals surface area contributed by atoms with Gasteiger partial charge >= 0.3 is 0 Å². The largest absolute Gasteiger partial charge is 0.504 e. The number of benzene rings is 1. The van der Waals surface area contributed by atoms with Crippen LogP contribution in [0.5, 0.6) is 11.5 Å². The second-order valence-electron chi connectivity index (χ2n) is 12.6. The monoisotopic (exact) mass is 609 g/mol. The van der Waals surface area contributed by atoms with E-state index < -0.39 is 0 Å². The Bertz CT molecular complexity index is 1230. The van der Waals surface area contributed by atoms with E-state index in [9.17, 15) is 15.3 Å². The fourth-order valence-corrected chi connectivity index (χ4v) is 6.51. The van der Waals surface area contributed by atoms with Crippen molar-refractivity contribution < 1.29 is 24.5 Å². The van der Waals surface area contributed by atoms with Gasteiger partial charge in [0.2, 0.25) is 0 Å². The number of aliphatic hydroxyl groups is 2. The summed E-state index contributed by atoms with van der Waals surface area (Å²) in [6, 6.07) is 9.77. The van der Waals surface area contributed by atoms with Gasteiger partial charge in [0.05, 0.1) is 19.3 Å². The summed E-state index contributed by atoms with van der Waals surface area (Å²) >= 11 is 0. The fourth-order valence-electron chi connectivity index (χ4n) is 6.51. The maximum atomic E-state index is 10.4. The first-order chi connectivity index (χ1) is 21.5. The van der Waals surface area contributed by atoms with Crippen LogP contribution in [-0.2, 0) is 32.3 Å². The molecular weight excluding hydrogens is 554 g/mol. The molecule has 8 heteroatoms. The molecule has 0 unspecified atom stereocenters. The molecule has 2 aromatic heterocycles. The molecule has 0 spiro atoms. The zero-order valence-electron chi connectivity index (χ0n) is 26.7. The molecule has 0 amide bonds. The normalized spacial score (nSPS) is 15.2. The lowest BCUT2D eigenvalue weighted by molar-refractivity contribution is 0.189. The first-order valence-corrected chi connectivity index (χ1v) is 16.9. The number of aryl methyl sites for hydroxylation is 3. The predicted octanol–water partition coefficient (Wildman–Crippen LogP) is 5.91. The molecule has 2 atom stereocenters. The number of nitrogens with two attached hydrogens (primary N) is 1. The Kier molecular flexibility index (Phi) is 14.1. The van der Waals surface area contributed by atoms with Crippen LogP contribution in [0.3, 0.4) is 0 Å². The van der Waals surface area contributed by atoms with Crippen LogP contribution >= 0.6 is 0 Å². The topological polar surface area (TPSA) is 137 Å². The number of unbranched alkanes of at least 4 members (excludes halogenated alkanes) is 4. The van der Waals surface area contributed by atoms with E-state index in [1.54, 1.807) is 6.07 Å². The molecule has 244 valence electrons. The Morgan fingerprint density at radius 2 is 1.80 bits per heavy atom. The van der Waals surface area contributed by atoms with Crippen LogP contribution in [0.15, 0.2) is 40.9 Å². The number of aromatic nitrogens is 1. The van der Waals surface area contributed by atoms with Crippen LogP contribution < -0.4 is 15.8 Å². The van der Waals surface area contributed by atoms with E-state index in [1.165, 1.54) is 44.1 Å². The summed E-state index contributed by atoms with van der Waals surface area (Å²) in [6.45, 7) is 4.51. The molecule has 0 bridgehead atoms. The smallest absolute Gasteiger partial charge is 0.161 e. The summed E-state index contributed by atoms with van der Waals surface area (Å²) < 4.78 is 12.2. The molecule has 2 heterocycles. The molecule has 1 fully saturated rings. The highest BCUT2D eigenvalue weighted by atomic mass is 16.5. The van der Waals surface area contributed by atoms with Gasteiger partial charge in [0.1, 0.15) is 11.5 Å². The van der Waals surface area contributed by atoms with Gasteiger partial charge in [-0.15, -0.1) is 0 Å². The van der Waals surface area contributed by atoms with Gasteiger partial charge in [-0.2, -0.15) is 0 Å². The van der Waals surface area contributed by atoms with Gasteiger partial charge in [0, 0.05) is 55.7 Å². The molecular formula is C36H55N3O5. The number of hydrogen-bond donors (Lipinski definition) is 6.